The molecule has 0 radical (unpaired) electrons. The van der Waals surface area contributed by atoms with Crippen molar-refractivity contribution in [2.24, 2.45) is 0 Å². The molecule has 1 atom stereocenters. The molecule has 24 heavy (non-hydrogen) atoms. The zero-order valence-electron chi connectivity index (χ0n) is 12.2. The van der Waals surface area contributed by atoms with Crippen molar-refractivity contribution in [2.75, 3.05) is 5.32 Å². The third-order valence-corrected chi connectivity index (χ3v) is 5.66. The van der Waals surface area contributed by atoms with E-state index in [1.54, 1.807) is 23.6 Å². The van der Waals surface area contributed by atoms with E-state index in [-0.39, 0.29) is 5.92 Å². The maximum Gasteiger partial charge on any atom is 0.201 e. The van der Waals surface area contributed by atoms with Crippen LogP contribution in [0, 0.1) is 6.57 Å². The maximum atomic E-state index is 7.75. The molecule has 0 saturated heterocycles. The number of nitrogens with zero attached hydrogens (tertiary/aromatic N) is 2. The molecule has 1 aliphatic heterocycles. The van der Waals surface area contributed by atoms with Gasteiger partial charge in [0.15, 0.2) is 0 Å². The number of allylic oxidation sites excluding steroid dienone is 1. The summed E-state index contributed by atoms with van der Waals surface area (Å²) >= 11 is 14.2. The average Bonchev–Trinajstić information content (AvgIpc) is 3.26. The topological polar surface area (TPSA) is 45.1 Å². The zero-order valence-corrected chi connectivity index (χ0v) is 14.5. The van der Waals surface area contributed by atoms with Crippen LogP contribution in [0.3, 0.4) is 0 Å². The van der Waals surface area contributed by atoms with Crippen molar-refractivity contribution in [1.29, 1.82) is 0 Å². The lowest BCUT2D eigenvalue weighted by molar-refractivity contribution is 0.967. The van der Waals surface area contributed by atoms with Crippen LogP contribution >= 0.6 is 34.5 Å². The molecule has 2 aromatic heterocycles. The normalized spacial score (nSPS) is 16.5. The molecule has 3 aromatic rings. The largest absolute Gasteiger partial charge is 0.349 e. The lowest BCUT2D eigenvalue weighted by Gasteiger charge is -2.26. The van der Waals surface area contributed by atoms with E-state index in [0.717, 1.165) is 27.5 Å². The Morgan fingerprint density at radius 1 is 1.17 bits per heavy atom. The molecule has 3 heterocycles. The minimum atomic E-state index is -0.319. The molecule has 0 spiro atoms. The summed E-state index contributed by atoms with van der Waals surface area (Å²) in [5.41, 5.74) is 3.03. The highest BCUT2D eigenvalue weighted by Crippen LogP contribution is 2.47. The molecule has 4 rings (SSSR count). The van der Waals surface area contributed by atoms with Gasteiger partial charge in [-0.3, -0.25) is 5.10 Å². The van der Waals surface area contributed by atoms with Gasteiger partial charge in [-0.25, -0.2) is 4.85 Å². The predicted octanol–water partition coefficient (Wildman–Crippen LogP) is 5.62. The minimum absolute atomic E-state index is 0.319. The molecule has 118 valence electrons. The van der Waals surface area contributed by atoms with Crippen molar-refractivity contribution in [3.05, 3.63) is 85.1 Å². The van der Waals surface area contributed by atoms with Crippen molar-refractivity contribution in [3.8, 4) is 0 Å². The fourth-order valence-electron chi connectivity index (χ4n) is 2.88. The van der Waals surface area contributed by atoms with Gasteiger partial charge in [-0.1, -0.05) is 41.4 Å². The Labute approximate surface area is 152 Å². The number of halogens is 2. The van der Waals surface area contributed by atoms with Crippen molar-refractivity contribution < 1.29 is 0 Å². The fourth-order valence-corrected chi connectivity index (χ4v) is 4.03. The number of fused-ring (bicyclic) bond motifs is 1. The molecular weight excluding hydrogens is 363 g/mol. The molecule has 7 heteroatoms. The van der Waals surface area contributed by atoms with Gasteiger partial charge in [0.05, 0.1) is 34.4 Å². The van der Waals surface area contributed by atoms with Crippen molar-refractivity contribution in [1.82, 2.24) is 10.2 Å². The molecule has 1 unspecified atom stereocenters. The van der Waals surface area contributed by atoms with E-state index in [1.807, 2.05) is 29.6 Å². The van der Waals surface area contributed by atoms with Crippen molar-refractivity contribution in [2.45, 2.75) is 5.92 Å². The maximum absolute atomic E-state index is 7.75. The minimum Gasteiger partial charge on any atom is -0.349 e. The standard InChI is InChI=1S/C17H10Cl2N4S/c1-20-16-13(9-4-2-5-11(18)14(9)19)10-8-21-23-17(10)22-15(16)12-6-3-7-24-12/h2-8,13H,(H2,21,22,23). The number of anilines is 1. The first kappa shape index (κ1) is 15.3. The SMILES string of the molecule is [C-]#[N+]C1=C(c2cccs2)Nc2[nH]ncc2C1c1cccc(Cl)c1Cl. The number of H-pyrrole nitrogens is 1. The number of thiophene rings is 1. The van der Waals surface area contributed by atoms with Crippen LogP contribution in [0.15, 0.2) is 47.6 Å². The second-order valence-corrected chi connectivity index (χ2v) is 6.98. The molecule has 1 aromatic carbocycles. The molecule has 0 aliphatic carbocycles. The van der Waals surface area contributed by atoms with Crippen LogP contribution in [0.4, 0.5) is 5.82 Å². The Morgan fingerprint density at radius 3 is 2.79 bits per heavy atom. The lowest BCUT2D eigenvalue weighted by atomic mass is 9.86. The molecular formula is C17H10Cl2N4S. The van der Waals surface area contributed by atoms with Gasteiger partial charge in [-0.05, 0) is 23.1 Å². The second kappa shape index (κ2) is 5.99. The first-order chi connectivity index (χ1) is 11.7. The molecule has 4 nitrogen and oxygen atoms in total. The number of aromatic amines is 1. The number of nitrogens with one attached hydrogen (secondary N) is 2. The van der Waals surface area contributed by atoms with E-state index in [4.69, 9.17) is 29.8 Å². The van der Waals surface area contributed by atoms with E-state index >= 15 is 0 Å². The van der Waals surface area contributed by atoms with Gasteiger partial charge < -0.3 is 5.32 Å². The first-order valence-electron chi connectivity index (χ1n) is 7.10. The van der Waals surface area contributed by atoms with Gasteiger partial charge in [0, 0.05) is 10.4 Å². The second-order valence-electron chi connectivity index (χ2n) is 5.25. The smallest absolute Gasteiger partial charge is 0.201 e. The van der Waals surface area contributed by atoms with Gasteiger partial charge in [0.1, 0.15) is 5.82 Å². The monoisotopic (exact) mass is 372 g/mol. The Balaban J connectivity index is 1.99. The predicted molar refractivity (Wildman–Crippen MR) is 98.4 cm³/mol. The fraction of sp³-hybridized carbons (Fsp3) is 0.0588. The van der Waals surface area contributed by atoms with Crippen LogP contribution in [0.2, 0.25) is 10.0 Å². The number of hydrogen-bond acceptors (Lipinski definition) is 3. The van der Waals surface area contributed by atoms with E-state index in [0.29, 0.717) is 15.7 Å². The van der Waals surface area contributed by atoms with E-state index in [2.05, 4.69) is 20.4 Å². The van der Waals surface area contributed by atoms with Crippen LogP contribution in [-0.4, -0.2) is 10.2 Å². The van der Waals surface area contributed by atoms with Crippen LogP contribution in [0.1, 0.15) is 21.9 Å². The summed E-state index contributed by atoms with van der Waals surface area (Å²) in [6.07, 6.45) is 1.72. The Bertz CT molecular complexity index is 982. The van der Waals surface area contributed by atoms with Crippen molar-refractivity contribution >= 4 is 46.1 Å². The first-order valence-corrected chi connectivity index (χ1v) is 8.74. The van der Waals surface area contributed by atoms with E-state index < -0.39 is 0 Å². The summed E-state index contributed by atoms with van der Waals surface area (Å²) in [5, 5.41) is 13.3. The summed E-state index contributed by atoms with van der Waals surface area (Å²) in [6, 6.07) is 9.43. The number of hydrogen-bond donors (Lipinski definition) is 2. The van der Waals surface area contributed by atoms with Gasteiger partial charge in [-0.2, -0.15) is 5.10 Å². The Hall–Kier alpha value is -2.26. The van der Waals surface area contributed by atoms with Crippen molar-refractivity contribution in [3.63, 3.8) is 0 Å². The summed E-state index contributed by atoms with van der Waals surface area (Å²) < 4.78 is 0. The molecule has 0 saturated carbocycles. The molecule has 0 fully saturated rings. The van der Waals surface area contributed by atoms with E-state index in [1.165, 1.54) is 0 Å². The zero-order chi connectivity index (χ0) is 16.7. The van der Waals surface area contributed by atoms with Crippen LogP contribution in [0.5, 0.6) is 0 Å². The average molecular weight is 373 g/mol. The van der Waals surface area contributed by atoms with Crippen LogP contribution in [-0.2, 0) is 0 Å². The molecule has 0 amide bonds. The summed E-state index contributed by atoms with van der Waals surface area (Å²) in [7, 11) is 0. The summed E-state index contributed by atoms with van der Waals surface area (Å²) in [5.74, 6) is 0.452. The number of benzene rings is 1. The third kappa shape index (κ3) is 2.31. The lowest BCUT2D eigenvalue weighted by Crippen LogP contribution is -2.16. The number of aromatic nitrogens is 2. The molecule has 0 bridgehead atoms. The highest BCUT2D eigenvalue weighted by Gasteiger charge is 2.34. The Morgan fingerprint density at radius 2 is 2.04 bits per heavy atom. The van der Waals surface area contributed by atoms with Gasteiger partial charge in [-0.15, -0.1) is 11.3 Å². The third-order valence-electron chi connectivity index (χ3n) is 3.94. The molecule has 2 N–H and O–H groups in total. The van der Waals surface area contributed by atoms with Gasteiger partial charge in [0.2, 0.25) is 5.70 Å². The summed E-state index contributed by atoms with van der Waals surface area (Å²) in [6.45, 7) is 7.75. The van der Waals surface area contributed by atoms with Gasteiger partial charge >= 0.3 is 0 Å². The Kier molecular flexibility index (Phi) is 3.81. The number of rotatable bonds is 2. The molecule has 1 aliphatic rings. The quantitative estimate of drug-likeness (QED) is 0.573. The van der Waals surface area contributed by atoms with Gasteiger partial charge in [0.25, 0.3) is 0 Å². The van der Waals surface area contributed by atoms with Crippen LogP contribution in [0.25, 0.3) is 10.5 Å². The summed E-state index contributed by atoms with van der Waals surface area (Å²) in [4.78, 5) is 4.81. The van der Waals surface area contributed by atoms with Crippen LogP contribution < -0.4 is 5.32 Å². The van der Waals surface area contributed by atoms with E-state index in [9.17, 15) is 0 Å². The highest BCUT2D eigenvalue weighted by atomic mass is 35.5. The highest BCUT2D eigenvalue weighted by molar-refractivity contribution is 7.11.